The number of nitrogens with zero attached hydrogens (tertiary/aromatic N) is 6. The van der Waals surface area contributed by atoms with Crippen LogP contribution in [0.15, 0.2) is 67.1 Å². The predicted octanol–water partition coefficient (Wildman–Crippen LogP) is 2.45. The van der Waals surface area contributed by atoms with E-state index in [1.807, 2.05) is 66.2 Å². The van der Waals surface area contributed by atoms with Gasteiger partial charge in [0.25, 0.3) is 0 Å². The van der Waals surface area contributed by atoms with Crippen LogP contribution < -0.4 is 5.32 Å². The van der Waals surface area contributed by atoms with Crippen LogP contribution in [0.4, 0.5) is 0 Å². The third-order valence-corrected chi connectivity index (χ3v) is 4.88. The summed E-state index contributed by atoms with van der Waals surface area (Å²) in [5, 5.41) is 18.7. The molecule has 0 bridgehead atoms. The van der Waals surface area contributed by atoms with E-state index in [-0.39, 0.29) is 5.91 Å². The number of rotatable bonds is 8. The normalized spacial score (nSPS) is 10.8. The third-order valence-electron chi connectivity index (χ3n) is 4.88. The molecule has 0 radical (unpaired) electrons. The highest BCUT2D eigenvalue weighted by atomic mass is 16.1. The van der Waals surface area contributed by atoms with E-state index in [4.69, 9.17) is 0 Å². The number of aryl methyl sites for hydroxylation is 2. The first-order chi connectivity index (χ1) is 14.7. The minimum absolute atomic E-state index is 0.0156. The molecule has 152 valence electrons. The van der Waals surface area contributed by atoms with Crippen molar-refractivity contribution < 1.29 is 4.79 Å². The summed E-state index contributed by atoms with van der Waals surface area (Å²) < 4.78 is 3.48. The molecule has 0 unspecified atom stereocenters. The molecular formula is C22H23N7O. The number of aromatic nitrogens is 6. The smallest absolute Gasteiger partial charge is 0.224 e. The fourth-order valence-electron chi connectivity index (χ4n) is 3.25. The van der Waals surface area contributed by atoms with Crippen LogP contribution in [0.5, 0.6) is 0 Å². The average Bonchev–Trinajstić information content (AvgIpc) is 3.43. The summed E-state index contributed by atoms with van der Waals surface area (Å²) >= 11 is 0. The van der Waals surface area contributed by atoms with Crippen LogP contribution in [0, 0.1) is 6.92 Å². The Morgan fingerprint density at radius 1 is 1.00 bits per heavy atom. The van der Waals surface area contributed by atoms with Crippen molar-refractivity contribution in [2.75, 3.05) is 6.54 Å². The van der Waals surface area contributed by atoms with E-state index >= 15 is 0 Å². The summed E-state index contributed by atoms with van der Waals surface area (Å²) in [6, 6.07) is 17.7. The zero-order valence-electron chi connectivity index (χ0n) is 16.8. The van der Waals surface area contributed by atoms with E-state index < -0.39 is 0 Å². The van der Waals surface area contributed by atoms with Crippen molar-refractivity contribution >= 4 is 5.91 Å². The standard InChI is InChI=1S/C22H23N7O/c1-17-19(15-28(25-17)20-7-3-2-4-8-20)6-5-13-23-22(30)14-18-9-11-21(12-10-18)29-16-24-26-27-29/h2-4,7-12,15-16H,5-6,13-14H2,1H3,(H,23,30). The highest BCUT2D eigenvalue weighted by Gasteiger charge is 2.08. The Bertz CT molecular complexity index is 1090. The minimum atomic E-state index is 0.0156. The molecule has 0 aliphatic rings. The maximum Gasteiger partial charge on any atom is 0.224 e. The summed E-state index contributed by atoms with van der Waals surface area (Å²) in [7, 11) is 0. The Morgan fingerprint density at radius 2 is 1.77 bits per heavy atom. The van der Waals surface area contributed by atoms with Crippen LogP contribution in [0.3, 0.4) is 0 Å². The van der Waals surface area contributed by atoms with Crippen LogP contribution >= 0.6 is 0 Å². The molecule has 0 atom stereocenters. The van der Waals surface area contributed by atoms with Gasteiger partial charge >= 0.3 is 0 Å². The van der Waals surface area contributed by atoms with Crippen molar-refractivity contribution in [3.63, 3.8) is 0 Å². The topological polar surface area (TPSA) is 90.5 Å². The summed E-state index contributed by atoms with van der Waals surface area (Å²) in [6.45, 7) is 2.66. The maximum atomic E-state index is 12.2. The largest absolute Gasteiger partial charge is 0.356 e. The van der Waals surface area contributed by atoms with Crippen molar-refractivity contribution in [1.29, 1.82) is 0 Å². The molecule has 1 N–H and O–H groups in total. The van der Waals surface area contributed by atoms with Crippen LogP contribution in [0.25, 0.3) is 11.4 Å². The second kappa shape index (κ2) is 9.13. The lowest BCUT2D eigenvalue weighted by molar-refractivity contribution is -0.120. The number of para-hydroxylation sites is 1. The minimum Gasteiger partial charge on any atom is -0.356 e. The number of benzene rings is 2. The van der Waals surface area contributed by atoms with Gasteiger partial charge in [-0.1, -0.05) is 30.3 Å². The lowest BCUT2D eigenvalue weighted by Gasteiger charge is -2.06. The van der Waals surface area contributed by atoms with E-state index in [0.29, 0.717) is 13.0 Å². The summed E-state index contributed by atoms with van der Waals surface area (Å²) in [6.07, 6.45) is 5.69. The first kappa shape index (κ1) is 19.5. The van der Waals surface area contributed by atoms with Crippen LogP contribution in [0.2, 0.25) is 0 Å². The monoisotopic (exact) mass is 401 g/mol. The van der Waals surface area contributed by atoms with Crippen molar-refractivity contribution in [1.82, 2.24) is 35.3 Å². The molecule has 2 aromatic carbocycles. The number of amides is 1. The fraction of sp³-hybridized carbons (Fsp3) is 0.227. The zero-order valence-corrected chi connectivity index (χ0v) is 16.8. The van der Waals surface area contributed by atoms with Crippen molar-refractivity contribution in [3.8, 4) is 11.4 Å². The molecule has 2 heterocycles. The summed E-state index contributed by atoms with van der Waals surface area (Å²) in [5.74, 6) is 0.0156. The van der Waals surface area contributed by atoms with E-state index in [1.165, 1.54) is 11.9 Å². The van der Waals surface area contributed by atoms with E-state index in [2.05, 4.69) is 32.1 Å². The molecular weight excluding hydrogens is 378 g/mol. The first-order valence-electron chi connectivity index (χ1n) is 9.88. The van der Waals surface area contributed by atoms with Gasteiger partial charge in [-0.25, -0.2) is 9.36 Å². The zero-order chi connectivity index (χ0) is 20.8. The van der Waals surface area contributed by atoms with Crippen LogP contribution in [0.1, 0.15) is 23.2 Å². The Balaban J connectivity index is 1.23. The molecule has 2 aromatic heterocycles. The van der Waals surface area contributed by atoms with Gasteiger partial charge in [-0.05, 0) is 65.6 Å². The van der Waals surface area contributed by atoms with Gasteiger partial charge in [-0.15, -0.1) is 5.10 Å². The Morgan fingerprint density at radius 3 is 2.50 bits per heavy atom. The number of carbonyl (C=O) groups excluding carboxylic acids is 1. The van der Waals surface area contributed by atoms with Crippen molar-refractivity contribution in [2.24, 2.45) is 0 Å². The third kappa shape index (κ3) is 4.78. The van der Waals surface area contributed by atoms with Gasteiger partial charge in [0.2, 0.25) is 5.91 Å². The molecule has 0 spiro atoms. The Kier molecular flexibility index (Phi) is 5.93. The maximum absolute atomic E-state index is 12.2. The number of hydrogen-bond acceptors (Lipinski definition) is 5. The van der Waals surface area contributed by atoms with Gasteiger partial charge in [0.15, 0.2) is 0 Å². The number of tetrazole rings is 1. The second-order valence-electron chi connectivity index (χ2n) is 7.07. The number of hydrogen-bond donors (Lipinski definition) is 1. The van der Waals surface area contributed by atoms with Gasteiger partial charge in [0.1, 0.15) is 6.33 Å². The van der Waals surface area contributed by atoms with Crippen LogP contribution in [-0.2, 0) is 17.6 Å². The predicted molar refractivity (Wildman–Crippen MR) is 112 cm³/mol. The molecule has 0 saturated heterocycles. The molecule has 4 rings (SSSR count). The van der Waals surface area contributed by atoms with E-state index in [9.17, 15) is 4.79 Å². The Hall–Kier alpha value is -3.81. The quantitative estimate of drug-likeness (QED) is 0.458. The summed E-state index contributed by atoms with van der Waals surface area (Å²) in [5.41, 5.74) is 5.07. The molecule has 8 heteroatoms. The van der Waals surface area contributed by atoms with Gasteiger partial charge in [-0.2, -0.15) is 5.10 Å². The molecule has 1 amide bonds. The summed E-state index contributed by atoms with van der Waals surface area (Å²) in [4.78, 5) is 12.2. The molecule has 0 saturated carbocycles. The lowest BCUT2D eigenvalue weighted by atomic mass is 10.1. The molecule has 8 nitrogen and oxygen atoms in total. The van der Waals surface area contributed by atoms with Gasteiger partial charge < -0.3 is 5.32 Å². The molecule has 4 aromatic rings. The molecule has 0 aliphatic heterocycles. The highest BCUT2D eigenvalue weighted by Crippen LogP contribution is 2.13. The Labute approximate surface area is 174 Å². The van der Waals surface area contributed by atoms with Crippen molar-refractivity contribution in [3.05, 3.63) is 83.9 Å². The number of nitrogens with one attached hydrogen (secondary N) is 1. The van der Waals surface area contributed by atoms with Crippen molar-refractivity contribution in [2.45, 2.75) is 26.2 Å². The first-order valence-corrected chi connectivity index (χ1v) is 9.88. The number of carbonyl (C=O) groups is 1. The molecule has 0 fully saturated rings. The van der Waals surface area contributed by atoms with E-state index in [1.54, 1.807) is 4.68 Å². The lowest BCUT2D eigenvalue weighted by Crippen LogP contribution is -2.26. The highest BCUT2D eigenvalue weighted by molar-refractivity contribution is 5.78. The molecule has 0 aliphatic carbocycles. The average molecular weight is 401 g/mol. The molecule has 30 heavy (non-hydrogen) atoms. The van der Waals surface area contributed by atoms with Gasteiger partial charge in [-0.3, -0.25) is 4.79 Å². The van der Waals surface area contributed by atoms with Crippen LogP contribution in [-0.4, -0.2) is 42.4 Å². The van der Waals surface area contributed by atoms with E-state index in [0.717, 1.165) is 35.5 Å². The SMILES string of the molecule is Cc1nn(-c2ccccc2)cc1CCCNC(=O)Cc1ccc(-n2cnnn2)cc1. The van der Waals surface area contributed by atoms with Gasteiger partial charge in [0, 0.05) is 12.7 Å². The second-order valence-corrected chi connectivity index (χ2v) is 7.07. The van der Waals surface area contributed by atoms with Gasteiger partial charge in [0.05, 0.1) is 23.5 Å². The fourth-order valence-corrected chi connectivity index (χ4v) is 3.25.